The minimum atomic E-state index is 0.628. The smallest absolute Gasteiger partial charge is 0.0627 e. The summed E-state index contributed by atoms with van der Waals surface area (Å²) < 4.78 is 5.30. The SMILES string of the molecule is [CH]1CCC1C1CCO1. The van der Waals surface area contributed by atoms with Crippen molar-refractivity contribution in [3.63, 3.8) is 0 Å². The van der Waals surface area contributed by atoms with Crippen molar-refractivity contribution in [2.24, 2.45) is 5.92 Å². The normalized spacial score (nSPS) is 38.2. The van der Waals surface area contributed by atoms with E-state index in [1.165, 1.54) is 19.3 Å². The van der Waals surface area contributed by atoms with Gasteiger partial charge in [0.25, 0.3) is 0 Å². The van der Waals surface area contributed by atoms with E-state index < -0.39 is 0 Å². The Morgan fingerprint density at radius 3 is 2.25 bits per heavy atom. The van der Waals surface area contributed by atoms with Gasteiger partial charge in [0.1, 0.15) is 0 Å². The summed E-state index contributed by atoms with van der Waals surface area (Å²) in [5, 5.41) is 0. The maximum atomic E-state index is 5.30. The molecule has 0 spiro atoms. The first-order chi connectivity index (χ1) is 3.97. The molecule has 1 radical (unpaired) electrons. The predicted molar refractivity (Wildman–Crippen MR) is 31.4 cm³/mol. The largest absolute Gasteiger partial charge is 0.378 e. The molecule has 1 saturated heterocycles. The first-order valence-corrected chi connectivity index (χ1v) is 3.42. The lowest BCUT2D eigenvalue weighted by Gasteiger charge is -2.38. The lowest BCUT2D eigenvalue weighted by atomic mass is 9.79. The third kappa shape index (κ3) is 0.576. The summed E-state index contributed by atoms with van der Waals surface area (Å²) in [4.78, 5) is 0. The summed E-state index contributed by atoms with van der Waals surface area (Å²) in [5.41, 5.74) is 0. The molecule has 1 heteroatoms. The van der Waals surface area contributed by atoms with Crippen LogP contribution in [0.4, 0.5) is 0 Å². The lowest BCUT2D eigenvalue weighted by molar-refractivity contribution is -0.0882. The molecule has 2 fully saturated rings. The van der Waals surface area contributed by atoms with Crippen molar-refractivity contribution in [3.05, 3.63) is 6.42 Å². The Kier molecular flexibility index (Phi) is 1.04. The topological polar surface area (TPSA) is 9.23 Å². The predicted octanol–water partition coefficient (Wildman–Crippen LogP) is 1.39. The van der Waals surface area contributed by atoms with Gasteiger partial charge < -0.3 is 4.74 Å². The second-order valence-corrected chi connectivity index (χ2v) is 2.67. The minimum absolute atomic E-state index is 0.628. The highest BCUT2D eigenvalue weighted by molar-refractivity contribution is 4.94. The van der Waals surface area contributed by atoms with Crippen LogP contribution in [0.25, 0.3) is 0 Å². The van der Waals surface area contributed by atoms with Crippen LogP contribution in [0, 0.1) is 12.3 Å². The third-order valence-corrected chi connectivity index (χ3v) is 2.18. The summed E-state index contributed by atoms with van der Waals surface area (Å²) in [6.45, 7) is 1.01. The molecule has 0 N–H and O–H groups in total. The second-order valence-electron chi connectivity index (χ2n) is 2.67. The van der Waals surface area contributed by atoms with E-state index in [1.807, 2.05) is 0 Å². The Balaban J connectivity index is 1.79. The zero-order valence-electron chi connectivity index (χ0n) is 4.97. The highest BCUT2D eigenvalue weighted by atomic mass is 16.5. The van der Waals surface area contributed by atoms with Crippen LogP contribution in [0.15, 0.2) is 0 Å². The van der Waals surface area contributed by atoms with E-state index in [1.54, 1.807) is 0 Å². The van der Waals surface area contributed by atoms with Gasteiger partial charge >= 0.3 is 0 Å². The molecule has 2 aliphatic rings. The van der Waals surface area contributed by atoms with Gasteiger partial charge in [-0.1, -0.05) is 0 Å². The molecule has 8 heavy (non-hydrogen) atoms. The van der Waals surface area contributed by atoms with Crippen molar-refractivity contribution in [2.75, 3.05) is 6.61 Å². The first kappa shape index (κ1) is 4.80. The fourth-order valence-corrected chi connectivity index (χ4v) is 1.29. The van der Waals surface area contributed by atoms with Gasteiger partial charge in [-0.2, -0.15) is 0 Å². The van der Waals surface area contributed by atoms with E-state index in [0.717, 1.165) is 12.5 Å². The van der Waals surface area contributed by atoms with Crippen LogP contribution in [0.2, 0.25) is 0 Å². The molecule has 1 nitrogen and oxygen atoms in total. The van der Waals surface area contributed by atoms with E-state index in [4.69, 9.17) is 4.74 Å². The average Bonchev–Trinajstić information content (AvgIpc) is 1.47. The Bertz CT molecular complexity index is 70.4. The number of hydrogen-bond acceptors (Lipinski definition) is 1. The van der Waals surface area contributed by atoms with Gasteiger partial charge in [-0.25, -0.2) is 0 Å². The molecule has 2 rings (SSSR count). The molecule has 0 aromatic carbocycles. The standard InChI is InChI=1S/C7H11O/c1-2-6(3-1)7-4-5-8-7/h2,6-7H,1,3-5H2. The van der Waals surface area contributed by atoms with E-state index in [2.05, 4.69) is 6.42 Å². The monoisotopic (exact) mass is 111 g/mol. The average molecular weight is 111 g/mol. The quantitative estimate of drug-likeness (QED) is 0.497. The van der Waals surface area contributed by atoms with Gasteiger partial charge in [-0.05, 0) is 31.6 Å². The molecule has 1 aliphatic carbocycles. The van der Waals surface area contributed by atoms with Crippen LogP contribution in [0.3, 0.4) is 0 Å². The minimum Gasteiger partial charge on any atom is -0.378 e. The van der Waals surface area contributed by atoms with E-state index >= 15 is 0 Å². The second kappa shape index (κ2) is 1.73. The number of rotatable bonds is 1. The zero-order valence-corrected chi connectivity index (χ0v) is 4.97. The summed E-state index contributed by atoms with van der Waals surface area (Å²) in [6.07, 6.45) is 7.02. The summed E-state index contributed by atoms with van der Waals surface area (Å²) >= 11 is 0. The van der Waals surface area contributed by atoms with Crippen molar-refractivity contribution in [3.8, 4) is 0 Å². The Morgan fingerprint density at radius 1 is 1.38 bits per heavy atom. The molecular formula is C7H11O. The van der Waals surface area contributed by atoms with Crippen molar-refractivity contribution in [1.82, 2.24) is 0 Å². The fraction of sp³-hybridized carbons (Fsp3) is 0.857. The molecule has 2 atom stereocenters. The van der Waals surface area contributed by atoms with Crippen molar-refractivity contribution >= 4 is 0 Å². The Hall–Kier alpha value is -0.0400. The third-order valence-electron chi connectivity index (χ3n) is 2.18. The van der Waals surface area contributed by atoms with E-state index in [0.29, 0.717) is 6.10 Å². The molecule has 0 bridgehead atoms. The Labute approximate surface area is 50.0 Å². The van der Waals surface area contributed by atoms with Gasteiger partial charge in [0, 0.05) is 6.61 Å². The molecule has 1 aliphatic heterocycles. The Morgan fingerprint density at radius 2 is 2.12 bits per heavy atom. The van der Waals surface area contributed by atoms with Crippen LogP contribution in [-0.2, 0) is 4.74 Å². The molecule has 0 aromatic rings. The molecule has 1 saturated carbocycles. The van der Waals surface area contributed by atoms with E-state index in [-0.39, 0.29) is 0 Å². The maximum Gasteiger partial charge on any atom is 0.0627 e. The molecule has 0 amide bonds. The summed E-state index contributed by atoms with van der Waals surface area (Å²) in [6, 6.07) is 0. The van der Waals surface area contributed by atoms with Gasteiger partial charge in [0.05, 0.1) is 6.10 Å². The lowest BCUT2D eigenvalue weighted by Crippen LogP contribution is -2.38. The maximum absolute atomic E-state index is 5.30. The van der Waals surface area contributed by atoms with Crippen LogP contribution >= 0.6 is 0 Å². The van der Waals surface area contributed by atoms with Gasteiger partial charge in [-0.15, -0.1) is 0 Å². The molecule has 45 valence electrons. The van der Waals surface area contributed by atoms with Crippen molar-refractivity contribution in [1.29, 1.82) is 0 Å². The van der Waals surface area contributed by atoms with Gasteiger partial charge in [-0.3, -0.25) is 0 Å². The number of hydrogen-bond donors (Lipinski definition) is 0. The van der Waals surface area contributed by atoms with Gasteiger partial charge in [0.15, 0.2) is 0 Å². The highest BCUT2D eigenvalue weighted by Crippen LogP contribution is 2.34. The van der Waals surface area contributed by atoms with Crippen molar-refractivity contribution < 1.29 is 4.74 Å². The molecular weight excluding hydrogens is 100 g/mol. The van der Waals surface area contributed by atoms with Crippen LogP contribution in [0.5, 0.6) is 0 Å². The highest BCUT2D eigenvalue weighted by Gasteiger charge is 2.32. The molecule has 1 heterocycles. The zero-order chi connectivity index (χ0) is 5.40. The summed E-state index contributed by atoms with van der Waals surface area (Å²) in [5.74, 6) is 0.837. The van der Waals surface area contributed by atoms with E-state index in [9.17, 15) is 0 Å². The van der Waals surface area contributed by atoms with Crippen LogP contribution < -0.4 is 0 Å². The number of ether oxygens (including phenoxy) is 1. The van der Waals surface area contributed by atoms with Crippen LogP contribution in [-0.4, -0.2) is 12.7 Å². The van der Waals surface area contributed by atoms with Crippen molar-refractivity contribution in [2.45, 2.75) is 25.4 Å². The fourth-order valence-electron chi connectivity index (χ4n) is 1.29. The van der Waals surface area contributed by atoms with Crippen LogP contribution in [0.1, 0.15) is 19.3 Å². The molecule has 0 aromatic heterocycles. The molecule has 2 unspecified atom stereocenters. The van der Waals surface area contributed by atoms with Gasteiger partial charge in [0.2, 0.25) is 0 Å². The first-order valence-electron chi connectivity index (χ1n) is 3.42. The summed E-state index contributed by atoms with van der Waals surface area (Å²) in [7, 11) is 0.